The Morgan fingerprint density at radius 3 is 3.06 bits per heavy atom. The van der Waals surface area contributed by atoms with E-state index >= 15 is 0 Å². The number of hydrogen-bond donors (Lipinski definition) is 1. The lowest BCUT2D eigenvalue weighted by Gasteiger charge is -2.03. The molecule has 1 aromatic rings. The number of carbonyl (C=O) groups excluding carboxylic acids is 1. The normalized spacial score (nSPS) is 9.81. The standard InChI is InChI=1S/C10H12N2O2S2/c1-2-14-9(13)6-16-7-3-4-12-8(5-7)10(11)15/h3-5H,2,6H2,1H3,(H2,11,15). The molecule has 1 rings (SSSR count). The van der Waals surface area contributed by atoms with Crippen LogP contribution in [0.2, 0.25) is 0 Å². The average molecular weight is 256 g/mol. The Morgan fingerprint density at radius 1 is 1.69 bits per heavy atom. The van der Waals surface area contributed by atoms with E-state index in [2.05, 4.69) is 4.98 Å². The molecule has 0 radical (unpaired) electrons. The predicted molar refractivity (Wildman–Crippen MR) is 67.5 cm³/mol. The molecule has 86 valence electrons. The Bertz CT molecular complexity index is 396. The Labute approximate surface area is 104 Å². The number of nitrogens with zero attached hydrogens (tertiary/aromatic N) is 1. The zero-order chi connectivity index (χ0) is 12.0. The highest BCUT2D eigenvalue weighted by Gasteiger charge is 2.05. The first-order chi connectivity index (χ1) is 7.63. The lowest BCUT2D eigenvalue weighted by Crippen LogP contribution is -2.11. The minimum absolute atomic E-state index is 0.235. The minimum atomic E-state index is -0.235. The molecule has 0 atom stereocenters. The first-order valence-corrected chi connectivity index (χ1v) is 6.07. The molecule has 0 aliphatic rings. The number of nitrogens with two attached hydrogens (primary N) is 1. The van der Waals surface area contributed by atoms with Crippen LogP contribution in [0.5, 0.6) is 0 Å². The lowest BCUT2D eigenvalue weighted by atomic mass is 10.3. The van der Waals surface area contributed by atoms with Gasteiger partial charge < -0.3 is 10.5 Å². The summed E-state index contributed by atoms with van der Waals surface area (Å²) >= 11 is 6.18. The number of hydrogen-bond acceptors (Lipinski definition) is 5. The van der Waals surface area contributed by atoms with Crippen LogP contribution in [0.4, 0.5) is 0 Å². The summed E-state index contributed by atoms with van der Waals surface area (Å²) in [5, 5.41) is 0. The van der Waals surface area contributed by atoms with Gasteiger partial charge in [-0.15, -0.1) is 11.8 Å². The quantitative estimate of drug-likeness (QED) is 0.487. The maximum Gasteiger partial charge on any atom is 0.316 e. The molecule has 0 saturated heterocycles. The molecule has 0 fully saturated rings. The summed E-state index contributed by atoms with van der Waals surface area (Å²) in [6.07, 6.45) is 1.61. The molecule has 0 unspecified atom stereocenters. The first-order valence-electron chi connectivity index (χ1n) is 4.67. The molecule has 0 spiro atoms. The fourth-order valence-electron chi connectivity index (χ4n) is 0.981. The molecule has 1 aromatic heterocycles. The van der Waals surface area contributed by atoms with Crippen LogP contribution in [-0.2, 0) is 9.53 Å². The molecule has 0 amide bonds. The van der Waals surface area contributed by atoms with Gasteiger partial charge in [-0.3, -0.25) is 9.78 Å². The number of thiocarbonyl (C=S) groups is 1. The zero-order valence-electron chi connectivity index (χ0n) is 8.80. The Morgan fingerprint density at radius 2 is 2.44 bits per heavy atom. The largest absolute Gasteiger partial charge is 0.465 e. The molecule has 2 N–H and O–H groups in total. The maximum absolute atomic E-state index is 11.1. The van der Waals surface area contributed by atoms with E-state index in [1.54, 1.807) is 25.3 Å². The SMILES string of the molecule is CCOC(=O)CSc1ccnc(C(N)=S)c1. The number of carbonyl (C=O) groups is 1. The monoisotopic (exact) mass is 256 g/mol. The smallest absolute Gasteiger partial charge is 0.316 e. The summed E-state index contributed by atoms with van der Waals surface area (Å²) in [7, 11) is 0. The zero-order valence-corrected chi connectivity index (χ0v) is 10.4. The van der Waals surface area contributed by atoms with E-state index in [9.17, 15) is 4.79 Å². The second kappa shape index (κ2) is 6.44. The van der Waals surface area contributed by atoms with Crippen molar-refractivity contribution in [1.29, 1.82) is 0 Å². The number of esters is 1. The van der Waals surface area contributed by atoms with Crippen molar-refractivity contribution >= 4 is 34.9 Å². The van der Waals surface area contributed by atoms with Crippen molar-refractivity contribution in [2.24, 2.45) is 5.73 Å². The number of rotatable bonds is 5. The minimum Gasteiger partial charge on any atom is -0.465 e. The average Bonchev–Trinajstić information content (AvgIpc) is 2.27. The lowest BCUT2D eigenvalue weighted by molar-refractivity contribution is -0.139. The van der Waals surface area contributed by atoms with Crippen molar-refractivity contribution in [2.45, 2.75) is 11.8 Å². The van der Waals surface area contributed by atoms with Gasteiger partial charge in [0.2, 0.25) is 0 Å². The predicted octanol–water partition coefficient (Wildman–Crippen LogP) is 1.37. The number of pyridine rings is 1. The molecule has 0 saturated carbocycles. The van der Waals surface area contributed by atoms with Crippen molar-refractivity contribution in [3.63, 3.8) is 0 Å². The molecule has 6 heteroatoms. The fourth-order valence-corrected chi connectivity index (χ4v) is 1.81. The van der Waals surface area contributed by atoms with E-state index in [-0.39, 0.29) is 16.7 Å². The molecule has 0 bridgehead atoms. The first kappa shape index (κ1) is 12.9. The van der Waals surface area contributed by atoms with E-state index in [0.717, 1.165) is 4.90 Å². The molecule has 0 aromatic carbocycles. The van der Waals surface area contributed by atoms with E-state index in [1.807, 2.05) is 0 Å². The van der Waals surface area contributed by atoms with Gasteiger partial charge in [-0.1, -0.05) is 12.2 Å². The molecule has 1 heterocycles. The van der Waals surface area contributed by atoms with Crippen LogP contribution in [0.3, 0.4) is 0 Å². The van der Waals surface area contributed by atoms with Crippen LogP contribution in [0.1, 0.15) is 12.6 Å². The van der Waals surface area contributed by atoms with Crippen molar-refractivity contribution < 1.29 is 9.53 Å². The van der Waals surface area contributed by atoms with Gasteiger partial charge in [0, 0.05) is 11.1 Å². The summed E-state index contributed by atoms with van der Waals surface area (Å²) in [5.41, 5.74) is 6.01. The Hall–Kier alpha value is -1.14. The van der Waals surface area contributed by atoms with Gasteiger partial charge in [0.1, 0.15) is 4.99 Å². The summed E-state index contributed by atoms with van der Waals surface area (Å²) in [5.74, 6) is 0.0374. The van der Waals surface area contributed by atoms with Crippen LogP contribution in [0, 0.1) is 0 Å². The summed E-state index contributed by atoms with van der Waals surface area (Å²) < 4.78 is 4.82. The Balaban J connectivity index is 2.57. The highest BCUT2D eigenvalue weighted by molar-refractivity contribution is 8.00. The molecular weight excluding hydrogens is 244 g/mol. The van der Waals surface area contributed by atoms with Crippen LogP contribution >= 0.6 is 24.0 Å². The van der Waals surface area contributed by atoms with Gasteiger partial charge in [-0.2, -0.15) is 0 Å². The molecule has 4 nitrogen and oxygen atoms in total. The molecule has 0 aliphatic carbocycles. The van der Waals surface area contributed by atoms with Crippen molar-refractivity contribution in [1.82, 2.24) is 4.98 Å². The summed E-state index contributed by atoms with van der Waals surface area (Å²) in [6.45, 7) is 2.17. The van der Waals surface area contributed by atoms with E-state index < -0.39 is 0 Å². The van der Waals surface area contributed by atoms with Gasteiger partial charge in [0.15, 0.2) is 0 Å². The van der Waals surface area contributed by atoms with E-state index in [1.165, 1.54) is 11.8 Å². The Kier molecular flexibility index (Phi) is 5.21. The number of thioether (sulfide) groups is 1. The van der Waals surface area contributed by atoms with Crippen LogP contribution in [-0.4, -0.2) is 28.3 Å². The third-order valence-corrected chi connectivity index (χ3v) is 2.82. The summed E-state index contributed by atoms with van der Waals surface area (Å²) in [6, 6.07) is 3.55. The molecule has 0 aliphatic heterocycles. The second-order valence-corrected chi connectivity index (χ2v) is 4.32. The maximum atomic E-state index is 11.1. The summed E-state index contributed by atoms with van der Waals surface area (Å²) in [4.78, 5) is 16.3. The van der Waals surface area contributed by atoms with E-state index in [4.69, 9.17) is 22.7 Å². The third-order valence-electron chi connectivity index (χ3n) is 1.65. The van der Waals surface area contributed by atoms with Crippen molar-refractivity contribution in [3.05, 3.63) is 24.0 Å². The van der Waals surface area contributed by atoms with Gasteiger partial charge in [0.25, 0.3) is 0 Å². The fraction of sp³-hybridized carbons (Fsp3) is 0.300. The number of ether oxygens (including phenoxy) is 1. The van der Waals surface area contributed by atoms with E-state index in [0.29, 0.717) is 12.3 Å². The van der Waals surface area contributed by atoms with Gasteiger partial charge in [-0.25, -0.2) is 0 Å². The topological polar surface area (TPSA) is 65.2 Å². The van der Waals surface area contributed by atoms with Crippen LogP contribution < -0.4 is 5.73 Å². The third kappa shape index (κ3) is 4.16. The molecular formula is C10H12N2O2S2. The van der Waals surface area contributed by atoms with Gasteiger partial charge in [-0.05, 0) is 19.1 Å². The highest BCUT2D eigenvalue weighted by Crippen LogP contribution is 2.18. The van der Waals surface area contributed by atoms with Crippen LogP contribution in [0.25, 0.3) is 0 Å². The van der Waals surface area contributed by atoms with Crippen molar-refractivity contribution in [2.75, 3.05) is 12.4 Å². The second-order valence-electron chi connectivity index (χ2n) is 2.83. The van der Waals surface area contributed by atoms with Gasteiger partial charge in [0.05, 0.1) is 18.1 Å². The van der Waals surface area contributed by atoms with Crippen molar-refractivity contribution in [3.8, 4) is 0 Å². The highest BCUT2D eigenvalue weighted by atomic mass is 32.2. The van der Waals surface area contributed by atoms with Crippen LogP contribution in [0.15, 0.2) is 23.2 Å². The van der Waals surface area contributed by atoms with Gasteiger partial charge >= 0.3 is 5.97 Å². The molecule has 16 heavy (non-hydrogen) atoms. The number of aromatic nitrogens is 1.